The minimum absolute atomic E-state index is 0.214. The van der Waals surface area contributed by atoms with Crippen molar-refractivity contribution < 1.29 is 14.9 Å². The normalized spacial score (nSPS) is 14.2. The fraction of sp³-hybridized carbons (Fsp3) is 0.300. The third kappa shape index (κ3) is 5.68. The number of phenols is 2. The van der Waals surface area contributed by atoms with Crippen LogP contribution in [0.4, 0.5) is 0 Å². The highest BCUT2D eigenvalue weighted by Gasteiger charge is 2.15. The number of hydrogen-bond acceptors (Lipinski definition) is 4. The Bertz CT molecular complexity index is 1220. The molecule has 0 aliphatic heterocycles. The van der Waals surface area contributed by atoms with Crippen molar-refractivity contribution in [2.45, 2.75) is 44.9 Å². The molecule has 1 aliphatic rings. The summed E-state index contributed by atoms with van der Waals surface area (Å²) in [5.74, 6) is 2.21. The zero-order valence-corrected chi connectivity index (χ0v) is 19.9. The molecule has 5 nitrogen and oxygen atoms in total. The molecule has 1 fully saturated rings. The molecule has 3 aromatic carbocycles. The number of phenolic OH excluding ortho intramolecular Hbond substituents is 2. The van der Waals surface area contributed by atoms with Gasteiger partial charge in [0.15, 0.2) is 0 Å². The summed E-state index contributed by atoms with van der Waals surface area (Å²) in [6.45, 7) is 0.756. The van der Waals surface area contributed by atoms with Gasteiger partial charge in [-0.15, -0.1) is 0 Å². The van der Waals surface area contributed by atoms with E-state index in [0.717, 1.165) is 52.9 Å². The number of benzene rings is 3. The number of aromatic hydroxyl groups is 2. The molecule has 5 rings (SSSR count). The van der Waals surface area contributed by atoms with Crippen molar-refractivity contribution in [3.8, 4) is 45.5 Å². The van der Waals surface area contributed by atoms with E-state index in [4.69, 9.17) is 9.84 Å². The Labute approximate surface area is 206 Å². The third-order valence-electron chi connectivity index (χ3n) is 6.87. The van der Waals surface area contributed by atoms with E-state index in [0.29, 0.717) is 0 Å². The summed E-state index contributed by atoms with van der Waals surface area (Å²) in [6, 6.07) is 24.2. The van der Waals surface area contributed by atoms with E-state index in [-0.39, 0.29) is 11.5 Å². The fourth-order valence-electron chi connectivity index (χ4n) is 4.91. The van der Waals surface area contributed by atoms with E-state index < -0.39 is 0 Å². The first-order chi connectivity index (χ1) is 17.2. The second kappa shape index (κ2) is 10.7. The van der Waals surface area contributed by atoms with Crippen molar-refractivity contribution in [3.63, 3.8) is 0 Å². The van der Waals surface area contributed by atoms with Crippen LogP contribution in [0.5, 0.6) is 17.2 Å². The van der Waals surface area contributed by atoms with Crippen LogP contribution in [0.1, 0.15) is 44.9 Å². The van der Waals surface area contributed by atoms with Gasteiger partial charge in [-0.25, -0.2) is 4.68 Å². The van der Waals surface area contributed by atoms with E-state index in [2.05, 4.69) is 12.1 Å². The van der Waals surface area contributed by atoms with Gasteiger partial charge in [0.1, 0.15) is 17.2 Å². The summed E-state index contributed by atoms with van der Waals surface area (Å²) in [5.41, 5.74) is 4.52. The van der Waals surface area contributed by atoms with Crippen molar-refractivity contribution in [2.75, 3.05) is 6.61 Å². The van der Waals surface area contributed by atoms with Gasteiger partial charge in [0.2, 0.25) is 0 Å². The van der Waals surface area contributed by atoms with E-state index in [1.165, 1.54) is 38.5 Å². The highest BCUT2D eigenvalue weighted by molar-refractivity contribution is 5.71. The molecule has 180 valence electrons. The summed E-state index contributed by atoms with van der Waals surface area (Å²) in [7, 11) is 0. The van der Waals surface area contributed by atoms with Gasteiger partial charge < -0.3 is 14.9 Å². The van der Waals surface area contributed by atoms with Gasteiger partial charge in [-0.1, -0.05) is 32.1 Å². The molecule has 35 heavy (non-hydrogen) atoms. The molecule has 1 aliphatic carbocycles. The molecule has 1 aromatic heterocycles. The second-order valence-corrected chi connectivity index (χ2v) is 9.41. The largest absolute Gasteiger partial charge is 0.508 e. The van der Waals surface area contributed by atoms with Gasteiger partial charge in [-0.3, -0.25) is 0 Å². The Kier molecular flexibility index (Phi) is 7.03. The molecule has 0 bridgehead atoms. The van der Waals surface area contributed by atoms with E-state index >= 15 is 0 Å². The first-order valence-corrected chi connectivity index (χ1v) is 12.6. The molecule has 1 heterocycles. The first-order valence-electron chi connectivity index (χ1n) is 12.6. The zero-order valence-electron chi connectivity index (χ0n) is 19.9. The molecule has 1 saturated carbocycles. The molecule has 0 saturated heterocycles. The molecule has 0 amide bonds. The Morgan fingerprint density at radius 3 is 2.09 bits per heavy atom. The number of aromatic nitrogens is 2. The summed E-state index contributed by atoms with van der Waals surface area (Å²) < 4.78 is 7.90. The first kappa shape index (κ1) is 23.0. The molecule has 0 radical (unpaired) electrons. The van der Waals surface area contributed by atoms with Crippen LogP contribution in [0.25, 0.3) is 28.2 Å². The van der Waals surface area contributed by atoms with Crippen molar-refractivity contribution in [2.24, 2.45) is 5.92 Å². The van der Waals surface area contributed by atoms with Crippen molar-refractivity contribution in [3.05, 3.63) is 78.9 Å². The maximum absolute atomic E-state index is 9.73. The Hall–Kier alpha value is -3.73. The lowest BCUT2D eigenvalue weighted by molar-refractivity contribution is 0.269. The van der Waals surface area contributed by atoms with E-state index in [9.17, 15) is 10.2 Å². The standard InChI is InChI=1S/C30H32N2O3/c33-26-14-8-23(9-15-26)29-21-30(32(31-29)25-12-16-27(34)17-13-25)24-10-18-28(19-11-24)35-20-4-7-22-5-2-1-3-6-22/h8-19,21-22,33-34H,1-7,20H2. The maximum atomic E-state index is 9.73. The van der Waals surface area contributed by atoms with Gasteiger partial charge in [-0.2, -0.15) is 5.10 Å². The van der Waals surface area contributed by atoms with E-state index in [1.807, 2.05) is 47.1 Å². The summed E-state index contributed by atoms with van der Waals surface area (Å²) in [5, 5.41) is 24.2. The maximum Gasteiger partial charge on any atom is 0.119 e. The van der Waals surface area contributed by atoms with Crippen LogP contribution >= 0.6 is 0 Å². The second-order valence-electron chi connectivity index (χ2n) is 9.41. The van der Waals surface area contributed by atoms with Gasteiger partial charge >= 0.3 is 0 Å². The number of hydrogen-bond donors (Lipinski definition) is 2. The average molecular weight is 469 g/mol. The van der Waals surface area contributed by atoms with Crippen LogP contribution in [0.3, 0.4) is 0 Å². The highest BCUT2D eigenvalue weighted by atomic mass is 16.5. The van der Waals surface area contributed by atoms with Crippen LogP contribution in [0.2, 0.25) is 0 Å². The van der Waals surface area contributed by atoms with Crippen LogP contribution in [0, 0.1) is 5.92 Å². The number of rotatable bonds is 8. The lowest BCUT2D eigenvalue weighted by atomic mass is 9.86. The van der Waals surface area contributed by atoms with E-state index in [1.54, 1.807) is 24.3 Å². The smallest absolute Gasteiger partial charge is 0.119 e. The molecule has 0 unspecified atom stereocenters. The topological polar surface area (TPSA) is 67.5 Å². The Balaban J connectivity index is 1.33. The molecule has 0 atom stereocenters. The fourth-order valence-corrected chi connectivity index (χ4v) is 4.91. The Morgan fingerprint density at radius 1 is 0.771 bits per heavy atom. The molecular formula is C30H32N2O3. The number of ether oxygens (including phenoxy) is 1. The number of nitrogens with zero attached hydrogens (tertiary/aromatic N) is 2. The SMILES string of the molecule is Oc1ccc(-c2cc(-c3ccc(OCCCC4CCCCC4)cc3)n(-c3ccc(O)cc3)n2)cc1. The quantitative estimate of drug-likeness (QED) is 0.265. The van der Waals surface area contributed by atoms with Gasteiger partial charge in [0.05, 0.1) is 23.7 Å². The van der Waals surface area contributed by atoms with Crippen molar-refractivity contribution in [1.29, 1.82) is 0 Å². The van der Waals surface area contributed by atoms with Crippen LogP contribution in [0.15, 0.2) is 78.9 Å². The summed E-state index contributed by atoms with van der Waals surface area (Å²) in [4.78, 5) is 0. The van der Waals surface area contributed by atoms with Gasteiger partial charge in [0, 0.05) is 11.1 Å². The van der Waals surface area contributed by atoms with Gasteiger partial charge in [0.25, 0.3) is 0 Å². The van der Waals surface area contributed by atoms with Gasteiger partial charge in [-0.05, 0) is 97.6 Å². The van der Waals surface area contributed by atoms with Crippen LogP contribution in [-0.2, 0) is 0 Å². The minimum Gasteiger partial charge on any atom is -0.508 e. The van der Waals surface area contributed by atoms with Crippen LogP contribution < -0.4 is 4.74 Å². The Morgan fingerprint density at radius 2 is 1.40 bits per heavy atom. The summed E-state index contributed by atoms with van der Waals surface area (Å²) >= 11 is 0. The molecule has 2 N–H and O–H groups in total. The monoisotopic (exact) mass is 468 g/mol. The third-order valence-corrected chi connectivity index (χ3v) is 6.87. The lowest BCUT2D eigenvalue weighted by Gasteiger charge is -2.21. The van der Waals surface area contributed by atoms with Crippen molar-refractivity contribution in [1.82, 2.24) is 9.78 Å². The average Bonchev–Trinajstić information content (AvgIpc) is 3.34. The predicted molar refractivity (Wildman–Crippen MR) is 139 cm³/mol. The zero-order chi connectivity index (χ0) is 24.0. The minimum atomic E-state index is 0.214. The van der Waals surface area contributed by atoms with Crippen molar-refractivity contribution >= 4 is 0 Å². The molecule has 5 heteroatoms. The predicted octanol–water partition coefficient (Wildman–Crippen LogP) is 7.36. The highest BCUT2D eigenvalue weighted by Crippen LogP contribution is 2.31. The van der Waals surface area contributed by atoms with Crippen LogP contribution in [-0.4, -0.2) is 26.6 Å². The molecule has 4 aromatic rings. The molecular weight excluding hydrogens is 436 g/mol. The summed E-state index contributed by atoms with van der Waals surface area (Å²) in [6.07, 6.45) is 9.33. The lowest BCUT2D eigenvalue weighted by Crippen LogP contribution is -2.08. The molecule has 0 spiro atoms.